The van der Waals surface area contributed by atoms with Gasteiger partial charge in [0.2, 0.25) is 5.91 Å². The lowest BCUT2D eigenvalue weighted by Gasteiger charge is -2.18. The molecule has 0 aliphatic rings. The molecule has 3 rings (SSSR count). The summed E-state index contributed by atoms with van der Waals surface area (Å²) < 4.78 is 0. The van der Waals surface area contributed by atoms with Crippen LogP contribution in [-0.2, 0) is 4.79 Å². The summed E-state index contributed by atoms with van der Waals surface area (Å²) in [5, 5.41) is 5.70. The first-order valence-corrected chi connectivity index (χ1v) is 9.45. The van der Waals surface area contributed by atoms with Crippen LogP contribution in [0.15, 0.2) is 84.9 Å². The molecule has 0 aliphatic heterocycles. The molecule has 2 amide bonds. The summed E-state index contributed by atoms with van der Waals surface area (Å²) in [6.07, 6.45) is 0.319. The van der Waals surface area contributed by atoms with Gasteiger partial charge in [-0.15, -0.1) is 0 Å². The highest BCUT2D eigenvalue weighted by molar-refractivity contribution is 5.97. The van der Waals surface area contributed by atoms with Crippen LogP contribution in [0.3, 0.4) is 0 Å². The van der Waals surface area contributed by atoms with Crippen molar-refractivity contribution in [2.45, 2.75) is 19.3 Å². The van der Waals surface area contributed by atoms with Crippen molar-refractivity contribution in [2.75, 3.05) is 11.9 Å². The van der Waals surface area contributed by atoms with E-state index in [0.717, 1.165) is 11.1 Å². The van der Waals surface area contributed by atoms with E-state index in [1.165, 1.54) is 0 Å². The molecular weight excluding hydrogens is 348 g/mol. The molecule has 0 heterocycles. The number of amides is 2. The van der Waals surface area contributed by atoms with E-state index >= 15 is 0 Å². The Hall–Kier alpha value is -3.40. The minimum Gasteiger partial charge on any atom is -0.352 e. The van der Waals surface area contributed by atoms with Crippen LogP contribution in [0.1, 0.15) is 40.7 Å². The van der Waals surface area contributed by atoms with Crippen molar-refractivity contribution >= 4 is 17.5 Å². The quantitative estimate of drug-likeness (QED) is 0.637. The van der Waals surface area contributed by atoms with Crippen molar-refractivity contribution in [1.29, 1.82) is 0 Å². The predicted octanol–water partition coefficient (Wildman–Crippen LogP) is 4.60. The highest BCUT2D eigenvalue weighted by Gasteiger charge is 2.18. The number of carbonyl (C=O) groups excluding carboxylic acids is 2. The Morgan fingerprint density at radius 3 is 2.00 bits per heavy atom. The minimum absolute atomic E-state index is 0.0334. The Morgan fingerprint density at radius 2 is 1.43 bits per heavy atom. The van der Waals surface area contributed by atoms with Gasteiger partial charge in [0, 0.05) is 30.1 Å². The second kappa shape index (κ2) is 9.51. The van der Waals surface area contributed by atoms with Crippen molar-refractivity contribution in [3.63, 3.8) is 0 Å². The van der Waals surface area contributed by atoms with E-state index in [1.54, 1.807) is 24.3 Å². The molecule has 0 saturated heterocycles. The maximum Gasteiger partial charge on any atom is 0.251 e. The van der Waals surface area contributed by atoms with Gasteiger partial charge in [0.05, 0.1) is 0 Å². The molecule has 0 bridgehead atoms. The molecule has 0 fully saturated rings. The van der Waals surface area contributed by atoms with Crippen LogP contribution >= 0.6 is 0 Å². The first-order chi connectivity index (χ1) is 13.7. The second-order valence-electron chi connectivity index (χ2n) is 6.57. The van der Waals surface area contributed by atoms with Crippen LogP contribution in [0.4, 0.5) is 5.69 Å². The van der Waals surface area contributed by atoms with Gasteiger partial charge in [-0.25, -0.2) is 0 Å². The topological polar surface area (TPSA) is 58.2 Å². The summed E-state index contributed by atoms with van der Waals surface area (Å²) in [5.74, 6) is -0.273. The van der Waals surface area contributed by atoms with Gasteiger partial charge in [-0.2, -0.15) is 0 Å². The number of nitrogens with one attached hydrogen (secondary N) is 2. The van der Waals surface area contributed by atoms with Crippen molar-refractivity contribution in [3.05, 3.63) is 102 Å². The van der Waals surface area contributed by atoms with E-state index in [1.807, 2.05) is 67.6 Å². The normalized spacial score (nSPS) is 10.5. The van der Waals surface area contributed by atoms with Crippen LogP contribution < -0.4 is 10.6 Å². The Bertz CT molecular complexity index is 884. The summed E-state index contributed by atoms with van der Waals surface area (Å²) in [6, 6.07) is 27.0. The summed E-state index contributed by atoms with van der Waals surface area (Å²) in [7, 11) is 0. The second-order valence-corrected chi connectivity index (χ2v) is 6.57. The zero-order chi connectivity index (χ0) is 19.8. The van der Waals surface area contributed by atoms with E-state index in [2.05, 4.69) is 10.6 Å². The standard InChI is InChI=1S/C24H24N2O2/c1-2-25-24(28)20-14-9-15-21(16-20)26-23(27)17-22(18-10-5-3-6-11-18)19-12-7-4-8-13-19/h3-16,22H,2,17H2,1H3,(H,25,28)(H,26,27). The number of rotatable bonds is 7. The maximum absolute atomic E-state index is 12.8. The molecule has 0 atom stereocenters. The molecule has 0 saturated carbocycles. The molecule has 4 nitrogen and oxygen atoms in total. The maximum atomic E-state index is 12.8. The van der Waals surface area contributed by atoms with E-state index in [9.17, 15) is 9.59 Å². The average Bonchev–Trinajstić information content (AvgIpc) is 2.73. The van der Waals surface area contributed by atoms with Gasteiger partial charge < -0.3 is 10.6 Å². The highest BCUT2D eigenvalue weighted by Crippen LogP contribution is 2.28. The number of anilines is 1. The molecule has 3 aromatic rings. The number of hydrogen-bond acceptors (Lipinski definition) is 2. The number of benzene rings is 3. The third kappa shape index (κ3) is 5.07. The van der Waals surface area contributed by atoms with Gasteiger partial charge in [-0.3, -0.25) is 9.59 Å². The first-order valence-electron chi connectivity index (χ1n) is 9.45. The monoisotopic (exact) mass is 372 g/mol. The van der Waals surface area contributed by atoms with Crippen molar-refractivity contribution in [2.24, 2.45) is 0 Å². The van der Waals surface area contributed by atoms with Crippen molar-refractivity contribution < 1.29 is 9.59 Å². The smallest absolute Gasteiger partial charge is 0.251 e. The van der Waals surface area contributed by atoms with Crippen molar-refractivity contribution in [1.82, 2.24) is 5.32 Å². The highest BCUT2D eigenvalue weighted by atomic mass is 16.2. The molecule has 28 heavy (non-hydrogen) atoms. The van der Waals surface area contributed by atoms with Crippen LogP contribution in [0.25, 0.3) is 0 Å². The molecule has 0 aromatic heterocycles. The largest absolute Gasteiger partial charge is 0.352 e. The Labute approximate surface area is 165 Å². The van der Waals surface area contributed by atoms with Gasteiger partial charge in [0.15, 0.2) is 0 Å². The number of hydrogen-bond donors (Lipinski definition) is 2. The predicted molar refractivity (Wildman–Crippen MR) is 112 cm³/mol. The van der Waals surface area contributed by atoms with Gasteiger partial charge in [0.25, 0.3) is 5.91 Å². The SMILES string of the molecule is CCNC(=O)c1cccc(NC(=O)CC(c2ccccc2)c2ccccc2)c1. The van der Waals surface area contributed by atoms with Crippen LogP contribution in [0.2, 0.25) is 0 Å². The lowest BCUT2D eigenvalue weighted by atomic mass is 9.88. The summed E-state index contributed by atoms with van der Waals surface area (Å²) in [6.45, 7) is 2.43. The third-order valence-corrected chi connectivity index (χ3v) is 4.54. The molecule has 3 aromatic carbocycles. The summed E-state index contributed by atoms with van der Waals surface area (Å²) in [4.78, 5) is 24.8. The summed E-state index contributed by atoms with van der Waals surface area (Å²) >= 11 is 0. The molecule has 0 unspecified atom stereocenters. The molecule has 142 valence electrons. The molecule has 4 heteroatoms. The van der Waals surface area contributed by atoms with Crippen LogP contribution in [0, 0.1) is 0 Å². The van der Waals surface area contributed by atoms with Gasteiger partial charge in [0.1, 0.15) is 0 Å². The minimum atomic E-state index is -0.148. The zero-order valence-electron chi connectivity index (χ0n) is 15.9. The van der Waals surface area contributed by atoms with E-state index in [4.69, 9.17) is 0 Å². The Morgan fingerprint density at radius 1 is 0.821 bits per heavy atom. The van der Waals surface area contributed by atoms with Crippen LogP contribution in [-0.4, -0.2) is 18.4 Å². The van der Waals surface area contributed by atoms with Gasteiger partial charge in [-0.1, -0.05) is 66.7 Å². The van der Waals surface area contributed by atoms with E-state index in [-0.39, 0.29) is 17.7 Å². The fraction of sp³-hybridized carbons (Fsp3) is 0.167. The molecule has 2 N–H and O–H groups in total. The molecule has 0 aliphatic carbocycles. The van der Waals surface area contributed by atoms with Crippen molar-refractivity contribution in [3.8, 4) is 0 Å². The Kier molecular flexibility index (Phi) is 6.58. The third-order valence-electron chi connectivity index (χ3n) is 4.54. The first kappa shape index (κ1) is 19.4. The zero-order valence-corrected chi connectivity index (χ0v) is 15.9. The summed E-state index contributed by atoms with van der Waals surface area (Å²) in [5.41, 5.74) is 3.34. The van der Waals surface area contributed by atoms with Gasteiger partial charge >= 0.3 is 0 Å². The number of carbonyl (C=O) groups is 2. The average molecular weight is 372 g/mol. The molecular formula is C24H24N2O2. The fourth-order valence-electron chi connectivity index (χ4n) is 3.20. The van der Waals surface area contributed by atoms with Crippen LogP contribution in [0.5, 0.6) is 0 Å². The van der Waals surface area contributed by atoms with E-state index in [0.29, 0.717) is 24.2 Å². The fourth-order valence-corrected chi connectivity index (χ4v) is 3.20. The molecule has 0 spiro atoms. The van der Waals surface area contributed by atoms with E-state index < -0.39 is 0 Å². The molecule has 0 radical (unpaired) electrons. The van der Waals surface area contributed by atoms with Gasteiger partial charge in [-0.05, 0) is 36.2 Å². The lowest BCUT2D eigenvalue weighted by molar-refractivity contribution is -0.116. The lowest BCUT2D eigenvalue weighted by Crippen LogP contribution is -2.23. The Balaban J connectivity index is 1.76.